The Labute approximate surface area is 122 Å². The second-order valence-electron chi connectivity index (χ2n) is 5.34. The molecule has 110 valence electrons. The molecule has 3 N–H and O–H groups in total. The van der Waals surface area contributed by atoms with Crippen molar-refractivity contribution in [3.8, 4) is 0 Å². The van der Waals surface area contributed by atoms with Crippen LogP contribution in [-0.2, 0) is 9.59 Å². The van der Waals surface area contributed by atoms with Crippen molar-refractivity contribution in [1.82, 2.24) is 4.90 Å². The number of thiophene rings is 1. The average molecular weight is 296 g/mol. The molecule has 1 fully saturated rings. The van der Waals surface area contributed by atoms with E-state index in [0.717, 1.165) is 11.3 Å². The molecule has 0 bridgehead atoms. The molecule has 1 amide bonds. The van der Waals surface area contributed by atoms with E-state index in [4.69, 9.17) is 5.73 Å². The molecule has 20 heavy (non-hydrogen) atoms. The monoisotopic (exact) mass is 296 g/mol. The molecule has 1 aromatic rings. The van der Waals surface area contributed by atoms with Crippen LogP contribution in [0.15, 0.2) is 17.5 Å². The van der Waals surface area contributed by atoms with Crippen molar-refractivity contribution in [3.63, 3.8) is 0 Å². The van der Waals surface area contributed by atoms with Crippen LogP contribution in [0.1, 0.15) is 37.1 Å². The number of carboxylic acid groups (broad SMARTS) is 1. The molecule has 1 aliphatic heterocycles. The van der Waals surface area contributed by atoms with Gasteiger partial charge in [-0.15, -0.1) is 11.3 Å². The van der Waals surface area contributed by atoms with Crippen molar-refractivity contribution in [2.24, 2.45) is 11.1 Å². The number of nitrogens with two attached hydrogens (primary N) is 1. The molecule has 0 aliphatic carbocycles. The van der Waals surface area contributed by atoms with E-state index >= 15 is 0 Å². The van der Waals surface area contributed by atoms with Gasteiger partial charge < -0.3 is 15.7 Å². The van der Waals surface area contributed by atoms with E-state index in [1.54, 1.807) is 4.90 Å². The van der Waals surface area contributed by atoms with Crippen molar-refractivity contribution in [2.75, 3.05) is 13.1 Å². The van der Waals surface area contributed by atoms with Crippen LogP contribution in [0.5, 0.6) is 0 Å². The fourth-order valence-electron chi connectivity index (χ4n) is 2.81. The zero-order valence-electron chi connectivity index (χ0n) is 11.5. The van der Waals surface area contributed by atoms with Gasteiger partial charge in [0.2, 0.25) is 5.91 Å². The quantitative estimate of drug-likeness (QED) is 0.868. The van der Waals surface area contributed by atoms with E-state index < -0.39 is 17.4 Å². The van der Waals surface area contributed by atoms with E-state index in [2.05, 4.69) is 0 Å². The normalized spacial score (nSPS) is 23.8. The predicted molar refractivity (Wildman–Crippen MR) is 77.4 cm³/mol. The van der Waals surface area contributed by atoms with Gasteiger partial charge in [-0.1, -0.05) is 19.4 Å². The Morgan fingerprint density at radius 1 is 1.60 bits per heavy atom. The number of amides is 1. The highest BCUT2D eigenvalue weighted by Crippen LogP contribution is 2.36. The molecular formula is C14H20N2O3S. The lowest BCUT2D eigenvalue weighted by Gasteiger charge is -2.25. The summed E-state index contributed by atoms with van der Waals surface area (Å²) in [6.45, 7) is 2.71. The molecule has 1 saturated heterocycles. The van der Waals surface area contributed by atoms with Gasteiger partial charge in [-0.05, 0) is 24.3 Å². The largest absolute Gasteiger partial charge is 0.481 e. The van der Waals surface area contributed by atoms with Crippen LogP contribution in [0.3, 0.4) is 0 Å². The maximum atomic E-state index is 12.4. The maximum Gasteiger partial charge on any atom is 0.311 e. The molecule has 0 radical (unpaired) electrons. The van der Waals surface area contributed by atoms with Crippen LogP contribution in [0.2, 0.25) is 0 Å². The SMILES string of the molecule is CCCC1(C(=O)O)CCN(C(=O)C(N)c2cccs2)C1. The third kappa shape index (κ3) is 2.71. The molecule has 0 saturated carbocycles. The molecule has 2 rings (SSSR count). The fourth-order valence-corrected chi connectivity index (χ4v) is 3.53. The van der Waals surface area contributed by atoms with E-state index in [9.17, 15) is 14.7 Å². The Morgan fingerprint density at radius 3 is 2.90 bits per heavy atom. The van der Waals surface area contributed by atoms with Crippen LogP contribution in [0.4, 0.5) is 0 Å². The Balaban J connectivity index is 2.08. The topological polar surface area (TPSA) is 83.6 Å². The highest BCUT2D eigenvalue weighted by Gasteiger charge is 2.46. The molecule has 0 spiro atoms. The summed E-state index contributed by atoms with van der Waals surface area (Å²) in [7, 11) is 0. The number of carbonyl (C=O) groups is 2. The van der Waals surface area contributed by atoms with E-state index in [0.29, 0.717) is 19.4 Å². The molecule has 1 aliphatic rings. The summed E-state index contributed by atoms with van der Waals surface area (Å²) in [5.41, 5.74) is 5.18. The number of hydrogen-bond acceptors (Lipinski definition) is 4. The zero-order valence-corrected chi connectivity index (χ0v) is 12.4. The predicted octanol–water partition coefficient (Wildman–Crippen LogP) is 1.85. The first-order valence-corrected chi connectivity index (χ1v) is 7.69. The first-order chi connectivity index (χ1) is 9.50. The van der Waals surface area contributed by atoms with Crippen molar-refractivity contribution in [3.05, 3.63) is 22.4 Å². The Kier molecular flexibility index (Phi) is 4.45. The molecule has 5 nitrogen and oxygen atoms in total. The van der Waals surface area contributed by atoms with Gasteiger partial charge in [-0.25, -0.2) is 0 Å². The van der Waals surface area contributed by atoms with Crippen molar-refractivity contribution in [1.29, 1.82) is 0 Å². The first-order valence-electron chi connectivity index (χ1n) is 6.81. The lowest BCUT2D eigenvalue weighted by molar-refractivity contribution is -0.149. The second kappa shape index (κ2) is 5.93. The van der Waals surface area contributed by atoms with Gasteiger partial charge in [0.05, 0.1) is 5.41 Å². The van der Waals surface area contributed by atoms with Crippen LogP contribution >= 0.6 is 11.3 Å². The van der Waals surface area contributed by atoms with Crippen LogP contribution in [0, 0.1) is 5.41 Å². The number of rotatable bonds is 5. The smallest absolute Gasteiger partial charge is 0.311 e. The van der Waals surface area contributed by atoms with Gasteiger partial charge in [-0.2, -0.15) is 0 Å². The van der Waals surface area contributed by atoms with Crippen LogP contribution < -0.4 is 5.73 Å². The summed E-state index contributed by atoms with van der Waals surface area (Å²) in [4.78, 5) is 26.3. The van der Waals surface area contributed by atoms with Crippen LogP contribution in [-0.4, -0.2) is 35.0 Å². The lowest BCUT2D eigenvalue weighted by Crippen LogP contribution is -2.40. The number of aliphatic carboxylic acids is 1. The summed E-state index contributed by atoms with van der Waals surface area (Å²) < 4.78 is 0. The molecule has 6 heteroatoms. The summed E-state index contributed by atoms with van der Waals surface area (Å²) in [6, 6.07) is 3.01. The maximum absolute atomic E-state index is 12.4. The fraction of sp³-hybridized carbons (Fsp3) is 0.571. The van der Waals surface area contributed by atoms with Gasteiger partial charge in [0.1, 0.15) is 6.04 Å². The Morgan fingerprint density at radius 2 is 2.35 bits per heavy atom. The lowest BCUT2D eigenvalue weighted by atomic mass is 9.83. The highest BCUT2D eigenvalue weighted by molar-refractivity contribution is 7.10. The minimum absolute atomic E-state index is 0.174. The Bertz CT molecular complexity index is 489. The van der Waals surface area contributed by atoms with Gasteiger partial charge in [0.15, 0.2) is 0 Å². The molecule has 0 aromatic carbocycles. The molecule has 2 unspecified atom stereocenters. The third-order valence-electron chi connectivity index (χ3n) is 3.96. The summed E-state index contributed by atoms with van der Waals surface area (Å²) in [5.74, 6) is -0.981. The summed E-state index contributed by atoms with van der Waals surface area (Å²) >= 11 is 1.45. The van der Waals surface area contributed by atoms with Gasteiger partial charge in [0.25, 0.3) is 0 Å². The van der Waals surface area contributed by atoms with Crippen molar-refractivity contribution >= 4 is 23.2 Å². The highest BCUT2D eigenvalue weighted by atomic mass is 32.1. The minimum Gasteiger partial charge on any atom is -0.481 e. The molecule has 2 heterocycles. The summed E-state index contributed by atoms with van der Waals surface area (Å²) in [5, 5.41) is 11.3. The molecular weight excluding hydrogens is 276 g/mol. The first kappa shape index (κ1) is 15.0. The van der Waals surface area contributed by atoms with Crippen molar-refractivity contribution in [2.45, 2.75) is 32.2 Å². The number of carboxylic acids is 1. The minimum atomic E-state index is -0.806. The van der Waals surface area contributed by atoms with E-state index in [1.165, 1.54) is 11.3 Å². The van der Waals surface area contributed by atoms with E-state index in [-0.39, 0.29) is 12.5 Å². The van der Waals surface area contributed by atoms with Gasteiger partial charge in [-0.3, -0.25) is 9.59 Å². The van der Waals surface area contributed by atoms with Gasteiger partial charge in [0, 0.05) is 18.0 Å². The second-order valence-corrected chi connectivity index (χ2v) is 6.32. The van der Waals surface area contributed by atoms with E-state index in [1.807, 2.05) is 24.4 Å². The standard InChI is InChI=1S/C14H20N2O3S/c1-2-5-14(13(18)19)6-7-16(9-14)12(17)11(15)10-4-3-8-20-10/h3-4,8,11H,2,5-7,9,15H2,1H3,(H,18,19). The average Bonchev–Trinajstić information content (AvgIpc) is 3.07. The van der Waals surface area contributed by atoms with Crippen molar-refractivity contribution < 1.29 is 14.7 Å². The van der Waals surface area contributed by atoms with Gasteiger partial charge >= 0.3 is 5.97 Å². The van der Waals surface area contributed by atoms with Crippen LogP contribution in [0.25, 0.3) is 0 Å². The Hall–Kier alpha value is -1.40. The molecule has 1 aromatic heterocycles. The zero-order chi connectivity index (χ0) is 14.8. The third-order valence-corrected chi connectivity index (χ3v) is 4.92. The molecule has 2 atom stereocenters. The number of hydrogen-bond donors (Lipinski definition) is 2. The number of likely N-dealkylation sites (tertiary alicyclic amines) is 1. The number of carbonyl (C=O) groups excluding carboxylic acids is 1. The number of nitrogens with zero attached hydrogens (tertiary/aromatic N) is 1. The summed E-state index contributed by atoms with van der Waals surface area (Å²) in [6.07, 6.45) is 1.91.